The number of pyridine rings is 1. The summed E-state index contributed by atoms with van der Waals surface area (Å²) in [5.74, 6) is -0.642. The van der Waals surface area contributed by atoms with Crippen molar-refractivity contribution in [3.63, 3.8) is 0 Å². The van der Waals surface area contributed by atoms with Crippen LogP contribution < -0.4 is 11.1 Å². The number of fused-ring (bicyclic) bond motifs is 1. The molecule has 0 fully saturated rings. The maximum atomic E-state index is 11.9. The molecule has 1 N–H and O–H groups in total. The molecule has 0 aliphatic heterocycles. The molecule has 0 atom stereocenters. The highest BCUT2D eigenvalue weighted by molar-refractivity contribution is 5.92. The zero-order chi connectivity index (χ0) is 14.8. The number of aromatic nitrogens is 2. The van der Waals surface area contributed by atoms with Crippen LogP contribution in [0.15, 0.2) is 51.8 Å². The molecule has 2 heterocycles. The molecule has 0 bridgehead atoms. The maximum Gasteiger partial charge on any atom is 0.419 e. The zero-order valence-corrected chi connectivity index (χ0v) is 11.4. The van der Waals surface area contributed by atoms with E-state index in [2.05, 4.69) is 10.3 Å². The first kappa shape index (κ1) is 13.1. The second-order valence-electron chi connectivity index (χ2n) is 4.63. The van der Waals surface area contributed by atoms with Crippen LogP contribution in [0.3, 0.4) is 0 Å². The predicted octanol–water partition coefficient (Wildman–Crippen LogP) is 1.46. The maximum absolute atomic E-state index is 11.9. The lowest BCUT2D eigenvalue weighted by atomic mass is 10.2. The van der Waals surface area contributed by atoms with Crippen LogP contribution in [0.25, 0.3) is 11.1 Å². The molecule has 3 rings (SSSR count). The Balaban J connectivity index is 1.78. The number of aryl methyl sites for hydroxylation is 1. The minimum Gasteiger partial charge on any atom is -0.408 e. The van der Waals surface area contributed by atoms with Crippen molar-refractivity contribution in [1.29, 1.82) is 0 Å². The molecule has 21 heavy (non-hydrogen) atoms. The number of carbonyl (C=O) groups is 1. The summed E-state index contributed by atoms with van der Waals surface area (Å²) in [5, 5.41) is 2.79. The SMILES string of the molecule is Cn1c(=O)oc2ccc(CNC(=O)c3ccccn3)cc21. The van der Waals surface area contributed by atoms with Gasteiger partial charge in [-0.3, -0.25) is 14.3 Å². The molecule has 3 aromatic rings. The van der Waals surface area contributed by atoms with Gasteiger partial charge in [0.25, 0.3) is 5.91 Å². The second-order valence-corrected chi connectivity index (χ2v) is 4.63. The molecule has 6 nitrogen and oxygen atoms in total. The number of nitrogens with one attached hydrogen (secondary N) is 1. The van der Waals surface area contributed by atoms with E-state index >= 15 is 0 Å². The Hall–Kier alpha value is -2.89. The molecule has 0 spiro atoms. The van der Waals surface area contributed by atoms with Crippen LogP contribution in [0.2, 0.25) is 0 Å². The first-order valence-corrected chi connectivity index (χ1v) is 6.43. The number of carbonyl (C=O) groups excluding carboxylic acids is 1. The van der Waals surface area contributed by atoms with Crippen molar-refractivity contribution in [2.75, 3.05) is 0 Å². The minimum atomic E-state index is -0.403. The summed E-state index contributed by atoms with van der Waals surface area (Å²) in [6, 6.07) is 10.5. The van der Waals surface area contributed by atoms with Gasteiger partial charge in [0.15, 0.2) is 5.58 Å². The highest BCUT2D eigenvalue weighted by Gasteiger charge is 2.08. The Morgan fingerprint density at radius 2 is 2.19 bits per heavy atom. The molecular weight excluding hydrogens is 270 g/mol. The smallest absolute Gasteiger partial charge is 0.408 e. The van der Waals surface area contributed by atoms with Gasteiger partial charge >= 0.3 is 5.76 Å². The fourth-order valence-electron chi connectivity index (χ4n) is 2.05. The van der Waals surface area contributed by atoms with Crippen molar-refractivity contribution in [3.8, 4) is 0 Å². The van der Waals surface area contributed by atoms with Gasteiger partial charge in [-0.2, -0.15) is 0 Å². The fraction of sp³-hybridized carbons (Fsp3) is 0.133. The zero-order valence-electron chi connectivity index (χ0n) is 11.4. The summed E-state index contributed by atoms with van der Waals surface area (Å²) < 4.78 is 6.49. The van der Waals surface area contributed by atoms with Gasteiger partial charge in [0.2, 0.25) is 0 Å². The third kappa shape index (κ3) is 2.55. The second kappa shape index (κ2) is 5.24. The van der Waals surface area contributed by atoms with Gasteiger partial charge < -0.3 is 9.73 Å². The van der Waals surface area contributed by atoms with E-state index in [-0.39, 0.29) is 5.91 Å². The Morgan fingerprint density at radius 1 is 1.33 bits per heavy atom. The van der Waals surface area contributed by atoms with Crippen molar-refractivity contribution < 1.29 is 9.21 Å². The molecule has 0 saturated carbocycles. The van der Waals surface area contributed by atoms with Gasteiger partial charge in [0, 0.05) is 19.8 Å². The quantitative estimate of drug-likeness (QED) is 0.789. The normalized spacial score (nSPS) is 10.7. The summed E-state index contributed by atoms with van der Waals surface area (Å²) in [4.78, 5) is 27.3. The van der Waals surface area contributed by atoms with Crippen molar-refractivity contribution in [3.05, 3.63) is 64.4 Å². The lowest BCUT2D eigenvalue weighted by molar-refractivity contribution is 0.0946. The molecule has 0 saturated heterocycles. The van der Waals surface area contributed by atoms with Crippen molar-refractivity contribution in [1.82, 2.24) is 14.9 Å². The first-order valence-electron chi connectivity index (χ1n) is 6.43. The minimum absolute atomic E-state index is 0.239. The molecule has 1 amide bonds. The average Bonchev–Trinajstić information content (AvgIpc) is 2.80. The number of hydrogen-bond donors (Lipinski definition) is 1. The van der Waals surface area contributed by atoms with Crippen LogP contribution in [0.4, 0.5) is 0 Å². The molecule has 0 aliphatic rings. The highest BCUT2D eigenvalue weighted by atomic mass is 16.4. The molecular formula is C15H13N3O3. The predicted molar refractivity (Wildman–Crippen MR) is 76.9 cm³/mol. The summed E-state index contributed by atoms with van der Waals surface area (Å²) in [5.41, 5.74) is 2.48. The molecule has 1 aromatic carbocycles. The molecule has 0 radical (unpaired) electrons. The van der Waals surface area contributed by atoms with Crippen molar-refractivity contribution in [2.24, 2.45) is 7.05 Å². The van der Waals surface area contributed by atoms with E-state index in [1.165, 1.54) is 4.57 Å². The molecule has 0 unspecified atom stereocenters. The van der Waals surface area contributed by atoms with E-state index in [0.717, 1.165) is 5.56 Å². The Morgan fingerprint density at radius 3 is 2.95 bits per heavy atom. The van der Waals surface area contributed by atoms with Crippen LogP contribution in [0.1, 0.15) is 16.1 Å². The number of oxazole rings is 1. The number of benzene rings is 1. The van der Waals surface area contributed by atoms with Crippen molar-refractivity contribution >= 4 is 17.0 Å². The van der Waals surface area contributed by atoms with E-state index in [1.807, 2.05) is 12.1 Å². The Bertz CT molecular complexity index is 849. The number of amides is 1. The summed E-state index contributed by atoms with van der Waals surface area (Å²) in [6.07, 6.45) is 1.57. The summed E-state index contributed by atoms with van der Waals surface area (Å²) >= 11 is 0. The average molecular weight is 283 g/mol. The van der Waals surface area contributed by atoms with E-state index < -0.39 is 5.76 Å². The van der Waals surface area contributed by atoms with Gasteiger partial charge in [-0.25, -0.2) is 4.79 Å². The molecule has 0 aliphatic carbocycles. The number of hydrogen-bond acceptors (Lipinski definition) is 4. The third-order valence-electron chi connectivity index (χ3n) is 3.21. The number of rotatable bonds is 3. The van der Waals surface area contributed by atoms with Crippen LogP contribution in [0, 0.1) is 0 Å². The van der Waals surface area contributed by atoms with Gasteiger partial charge in [-0.15, -0.1) is 0 Å². The van der Waals surface area contributed by atoms with Gasteiger partial charge in [-0.05, 0) is 29.8 Å². The highest BCUT2D eigenvalue weighted by Crippen LogP contribution is 2.14. The van der Waals surface area contributed by atoms with Gasteiger partial charge in [0.05, 0.1) is 5.52 Å². The standard InChI is InChI=1S/C15H13N3O3/c1-18-12-8-10(5-6-13(12)21-15(18)20)9-17-14(19)11-4-2-3-7-16-11/h2-8H,9H2,1H3,(H,17,19). The van der Waals surface area contributed by atoms with Crippen LogP contribution in [-0.4, -0.2) is 15.5 Å². The van der Waals surface area contributed by atoms with E-state index in [0.29, 0.717) is 23.3 Å². The largest absolute Gasteiger partial charge is 0.419 e. The Kier molecular flexibility index (Phi) is 3.27. The molecule has 6 heteroatoms. The van der Waals surface area contributed by atoms with Gasteiger partial charge in [0.1, 0.15) is 5.69 Å². The van der Waals surface area contributed by atoms with Crippen LogP contribution >= 0.6 is 0 Å². The lowest BCUT2D eigenvalue weighted by Crippen LogP contribution is -2.23. The molecule has 2 aromatic heterocycles. The molecule has 106 valence electrons. The summed E-state index contributed by atoms with van der Waals surface area (Å²) in [6.45, 7) is 0.352. The van der Waals surface area contributed by atoms with Crippen LogP contribution in [0.5, 0.6) is 0 Å². The lowest BCUT2D eigenvalue weighted by Gasteiger charge is -2.05. The number of nitrogens with zero attached hydrogens (tertiary/aromatic N) is 2. The van der Waals surface area contributed by atoms with E-state index in [4.69, 9.17) is 4.42 Å². The van der Waals surface area contributed by atoms with Gasteiger partial charge in [-0.1, -0.05) is 12.1 Å². The topological polar surface area (TPSA) is 77.1 Å². The first-order chi connectivity index (χ1) is 10.1. The van der Waals surface area contributed by atoms with E-state index in [1.54, 1.807) is 37.5 Å². The van der Waals surface area contributed by atoms with Crippen molar-refractivity contribution in [2.45, 2.75) is 6.54 Å². The fourth-order valence-corrected chi connectivity index (χ4v) is 2.05. The van der Waals surface area contributed by atoms with E-state index in [9.17, 15) is 9.59 Å². The van der Waals surface area contributed by atoms with Crippen LogP contribution in [-0.2, 0) is 13.6 Å². The monoisotopic (exact) mass is 283 g/mol. The Labute approximate surface area is 120 Å². The third-order valence-corrected chi connectivity index (χ3v) is 3.21. The summed E-state index contributed by atoms with van der Waals surface area (Å²) in [7, 11) is 1.64.